The first-order chi connectivity index (χ1) is 9.29. The van der Waals surface area contributed by atoms with Crippen LogP contribution in [-0.4, -0.2) is 19.1 Å². The zero-order valence-corrected chi connectivity index (χ0v) is 11.1. The molecule has 0 amide bonds. The molecule has 1 aromatic carbocycles. The van der Waals surface area contributed by atoms with Crippen molar-refractivity contribution in [1.82, 2.24) is 19.1 Å². The maximum Gasteiger partial charge on any atom is 0.177 e. The molecule has 2 heterocycles. The average Bonchev–Trinajstić information content (AvgIpc) is 3.05. The summed E-state index contributed by atoms with van der Waals surface area (Å²) < 4.78 is 4.12. The number of benzene rings is 1. The minimum atomic E-state index is 0.877. The summed E-state index contributed by atoms with van der Waals surface area (Å²) in [6, 6.07) is 10.2. The van der Waals surface area contributed by atoms with Gasteiger partial charge in [-0.25, -0.2) is 9.97 Å². The van der Waals surface area contributed by atoms with E-state index in [9.17, 15) is 0 Å². The lowest BCUT2D eigenvalue weighted by atomic mass is 10.2. The third kappa shape index (κ3) is 2.05. The molecule has 0 spiro atoms. The maximum absolute atomic E-state index is 4.73. The van der Waals surface area contributed by atoms with Gasteiger partial charge in [0.2, 0.25) is 0 Å². The van der Waals surface area contributed by atoms with Crippen molar-refractivity contribution in [3.05, 3.63) is 48.9 Å². The molecule has 3 rings (SSSR count). The first-order valence-electron chi connectivity index (χ1n) is 6.40. The van der Waals surface area contributed by atoms with Crippen molar-refractivity contribution in [2.45, 2.75) is 13.5 Å². The van der Waals surface area contributed by atoms with Crippen LogP contribution in [0.25, 0.3) is 22.9 Å². The van der Waals surface area contributed by atoms with Crippen LogP contribution in [0.1, 0.15) is 6.92 Å². The van der Waals surface area contributed by atoms with Crippen LogP contribution >= 0.6 is 0 Å². The predicted molar refractivity (Wildman–Crippen MR) is 75.5 cm³/mol. The van der Waals surface area contributed by atoms with Gasteiger partial charge in [0.05, 0.1) is 5.69 Å². The van der Waals surface area contributed by atoms with Gasteiger partial charge in [0.25, 0.3) is 0 Å². The van der Waals surface area contributed by atoms with Crippen molar-refractivity contribution in [2.75, 3.05) is 0 Å². The summed E-state index contributed by atoms with van der Waals surface area (Å²) in [6.07, 6.45) is 5.82. The van der Waals surface area contributed by atoms with Gasteiger partial charge in [-0.05, 0) is 6.92 Å². The van der Waals surface area contributed by atoms with Crippen LogP contribution in [0, 0.1) is 0 Å². The molecule has 4 heteroatoms. The van der Waals surface area contributed by atoms with Gasteiger partial charge in [0.1, 0.15) is 0 Å². The van der Waals surface area contributed by atoms with E-state index >= 15 is 0 Å². The molecule has 2 aromatic heterocycles. The minimum absolute atomic E-state index is 0.877. The summed E-state index contributed by atoms with van der Waals surface area (Å²) >= 11 is 0. The van der Waals surface area contributed by atoms with Crippen LogP contribution in [0.4, 0.5) is 0 Å². The van der Waals surface area contributed by atoms with Gasteiger partial charge >= 0.3 is 0 Å². The van der Waals surface area contributed by atoms with Crippen molar-refractivity contribution in [2.24, 2.45) is 7.05 Å². The quantitative estimate of drug-likeness (QED) is 0.718. The molecular weight excluding hydrogens is 236 g/mol. The monoisotopic (exact) mass is 252 g/mol. The molecule has 0 aliphatic carbocycles. The fourth-order valence-corrected chi connectivity index (χ4v) is 2.16. The molecule has 3 aromatic rings. The molecule has 0 fully saturated rings. The molecule has 0 saturated heterocycles. The van der Waals surface area contributed by atoms with Crippen molar-refractivity contribution >= 4 is 0 Å². The van der Waals surface area contributed by atoms with Crippen LogP contribution in [0.2, 0.25) is 0 Å². The molecule has 0 saturated carbocycles. The average molecular weight is 252 g/mol. The van der Waals surface area contributed by atoms with Gasteiger partial charge in [-0.1, -0.05) is 30.3 Å². The highest BCUT2D eigenvalue weighted by Crippen LogP contribution is 2.23. The molecule has 96 valence electrons. The van der Waals surface area contributed by atoms with Crippen LogP contribution in [0.3, 0.4) is 0 Å². The highest BCUT2D eigenvalue weighted by atomic mass is 15.1. The molecular formula is C15H16N4. The Hall–Kier alpha value is -2.36. The number of aromatic nitrogens is 4. The molecule has 0 radical (unpaired) electrons. The number of rotatable bonds is 3. The summed E-state index contributed by atoms with van der Waals surface area (Å²) in [7, 11) is 1.99. The van der Waals surface area contributed by atoms with Gasteiger partial charge in [0, 0.05) is 37.7 Å². The molecule has 0 bridgehead atoms. The third-order valence-electron chi connectivity index (χ3n) is 3.21. The van der Waals surface area contributed by atoms with E-state index in [1.54, 1.807) is 6.20 Å². The molecule has 4 nitrogen and oxygen atoms in total. The highest BCUT2D eigenvalue weighted by Gasteiger charge is 2.13. The largest absolute Gasteiger partial charge is 0.331 e. The van der Waals surface area contributed by atoms with Gasteiger partial charge in [-0.15, -0.1) is 0 Å². The lowest BCUT2D eigenvalue weighted by Crippen LogP contribution is -2.00. The normalized spacial score (nSPS) is 10.8. The number of aryl methyl sites for hydroxylation is 2. The van der Waals surface area contributed by atoms with Gasteiger partial charge in [-0.2, -0.15) is 0 Å². The number of hydrogen-bond acceptors (Lipinski definition) is 2. The van der Waals surface area contributed by atoms with E-state index in [-0.39, 0.29) is 0 Å². The summed E-state index contributed by atoms with van der Waals surface area (Å²) in [5, 5.41) is 0. The summed E-state index contributed by atoms with van der Waals surface area (Å²) in [5.41, 5.74) is 2.12. The maximum atomic E-state index is 4.73. The Kier molecular flexibility index (Phi) is 2.91. The molecule has 0 aliphatic heterocycles. The lowest BCUT2D eigenvalue weighted by molar-refractivity contribution is 0.756. The van der Waals surface area contributed by atoms with Gasteiger partial charge in [-0.3, -0.25) is 0 Å². The molecule has 0 N–H and O–H groups in total. The van der Waals surface area contributed by atoms with Crippen molar-refractivity contribution in [3.63, 3.8) is 0 Å². The lowest BCUT2D eigenvalue weighted by Gasteiger charge is -2.03. The summed E-state index contributed by atoms with van der Waals surface area (Å²) in [4.78, 5) is 9.12. The van der Waals surface area contributed by atoms with Crippen LogP contribution < -0.4 is 0 Å². The second-order valence-corrected chi connectivity index (χ2v) is 4.46. The summed E-state index contributed by atoms with van der Waals surface area (Å²) in [5.74, 6) is 1.80. The fourth-order valence-electron chi connectivity index (χ4n) is 2.16. The first kappa shape index (κ1) is 11.7. The number of hydrogen-bond donors (Lipinski definition) is 0. The van der Waals surface area contributed by atoms with E-state index in [2.05, 4.69) is 34.8 Å². The van der Waals surface area contributed by atoms with Gasteiger partial charge in [0.15, 0.2) is 11.6 Å². The van der Waals surface area contributed by atoms with Crippen LogP contribution in [0.15, 0.2) is 48.9 Å². The Balaban J connectivity index is 2.12. The van der Waals surface area contributed by atoms with Crippen molar-refractivity contribution in [1.29, 1.82) is 0 Å². The smallest absolute Gasteiger partial charge is 0.177 e. The van der Waals surface area contributed by atoms with Crippen molar-refractivity contribution < 1.29 is 0 Å². The van der Waals surface area contributed by atoms with E-state index in [0.717, 1.165) is 29.5 Å². The highest BCUT2D eigenvalue weighted by molar-refractivity contribution is 5.62. The Bertz CT molecular complexity index is 679. The minimum Gasteiger partial charge on any atom is -0.331 e. The Morgan fingerprint density at radius 3 is 2.53 bits per heavy atom. The number of nitrogens with zero attached hydrogens (tertiary/aromatic N) is 4. The van der Waals surface area contributed by atoms with Crippen LogP contribution in [-0.2, 0) is 13.6 Å². The zero-order valence-electron chi connectivity index (χ0n) is 11.1. The Labute approximate surface area is 112 Å². The first-order valence-corrected chi connectivity index (χ1v) is 6.40. The molecule has 0 unspecified atom stereocenters. The molecule has 0 atom stereocenters. The van der Waals surface area contributed by atoms with Crippen molar-refractivity contribution in [3.8, 4) is 22.9 Å². The van der Waals surface area contributed by atoms with E-state index in [1.165, 1.54) is 0 Å². The SMILES string of the molecule is CCn1cc(-c2ccccc2)nc1-c1nccn1C. The molecule has 19 heavy (non-hydrogen) atoms. The zero-order chi connectivity index (χ0) is 13.2. The van der Waals surface area contributed by atoms with E-state index in [1.807, 2.05) is 36.0 Å². The predicted octanol–water partition coefficient (Wildman–Crippen LogP) is 2.97. The number of imidazole rings is 2. The Morgan fingerprint density at radius 2 is 1.89 bits per heavy atom. The van der Waals surface area contributed by atoms with Crippen LogP contribution in [0.5, 0.6) is 0 Å². The van der Waals surface area contributed by atoms with E-state index in [4.69, 9.17) is 4.98 Å². The van der Waals surface area contributed by atoms with E-state index in [0.29, 0.717) is 0 Å². The fraction of sp³-hybridized carbons (Fsp3) is 0.200. The Morgan fingerprint density at radius 1 is 1.11 bits per heavy atom. The topological polar surface area (TPSA) is 35.6 Å². The summed E-state index contributed by atoms with van der Waals surface area (Å²) in [6.45, 7) is 2.99. The second kappa shape index (κ2) is 4.72. The van der Waals surface area contributed by atoms with E-state index < -0.39 is 0 Å². The standard InChI is InChI=1S/C15H16N4/c1-3-19-11-13(12-7-5-4-6-8-12)17-15(19)14-16-9-10-18(14)2/h4-11H,3H2,1-2H3. The molecule has 0 aliphatic rings. The van der Waals surface area contributed by atoms with Gasteiger partial charge < -0.3 is 9.13 Å². The second-order valence-electron chi connectivity index (χ2n) is 4.46. The third-order valence-corrected chi connectivity index (χ3v) is 3.21.